The second-order valence-electron chi connectivity index (χ2n) is 12.0. The lowest BCUT2D eigenvalue weighted by molar-refractivity contribution is -0.152. The van der Waals surface area contributed by atoms with Crippen LogP contribution in [0.4, 0.5) is 5.69 Å². The van der Waals surface area contributed by atoms with Crippen LogP contribution in [0.1, 0.15) is 61.7 Å². The highest BCUT2D eigenvalue weighted by atomic mass is 16.6. The Balaban J connectivity index is 1.11. The molecule has 2 aliphatic heterocycles. The molecule has 4 atom stereocenters. The molecule has 0 amide bonds. The van der Waals surface area contributed by atoms with Crippen LogP contribution in [0.3, 0.4) is 0 Å². The molecule has 2 aromatic carbocycles. The zero-order valence-corrected chi connectivity index (χ0v) is 27.5. The van der Waals surface area contributed by atoms with E-state index in [-0.39, 0.29) is 31.2 Å². The topological polar surface area (TPSA) is 91.7 Å². The Hall–Kier alpha value is -4.37. The minimum Gasteiger partial charge on any atom is -0.497 e. The van der Waals surface area contributed by atoms with Crippen molar-refractivity contribution in [3.63, 3.8) is 0 Å². The third-order valence-corrected chi connectivity index (χ3v) is 8.29. The van der Waals surface area contributed by atoms with E-state index in [2.05, 4.69) is 30.0 Å². The molecule has 0 spiro atoms. The lowest BCUT2D eigenvalue weighted by Gasteiger charge is -2.32. The second-order valence-corrected chi connectivity index (χ2v) is 12.0. The van der Waals surface area contributed by atoms with Crippen molar-refractivity contribution in [3.05, 3.63) is 95.3 Å². The van der Waals surface area contributed by atoms with E-state index in [1.54, 1.807) is 7.11 Å². The van der Waals surface area contributed by atoms with Crippen LogP contribution in [0.5, 0.6) is 11.5 Å². The largest absolute Gasteiger partial charge is 0.497 e. The van der Waals surface area contributed by atoms with Gasteiger partial charge in [0.1, 0.15) is 42.5 Å². The van der Waals surface area contributed by atoms with Gasteiger partial charge in [0, 0.05) is 12.2 Å². The van der Waals surface area contributed by atoms with Crippen LogP contribution in [0, 0.1) is 13.8 Å². The Bertz CT molecular complexity index is 1510. The van der Waals surface area contributed by atoms with Crippen LogP contribution < -0.4 is 14.4 Å². The molecule has 3 aromatic rings. The second kappa shape index (κ2) is 15.8. The predicted octanol–water partition coefficient (Wildman–Crippen LogP) is 6.71. The molecule has 0 N–H and O–H groups in total. The number of rotatable bonds is 13. The number of ether oxygens (including phenoxy) is 4. The number of oxime groups is 1. The molecule has 0 bridgehead atoms. The zero-order chi connectivity index (χ0) is 32.5. The fourth-order valence-corrected chi connectivity index (χ4v) is 5.58. The number of aromatic nitrogens is 1. The molecule has 1 aromatic heterocycles. The summed E-state index contributed by atoms with van der Waals surface area (Å²) in [6.45, 7) is 9.79. The van der Waals surface area contributed by atoms with Gasteiger partial charge >= 0.3 is 5.97 Å². The lowest BCUT2D eigenvalue weighted by atomic mass is 10.0. The fraction of sp³-hybridized carbons (Fsp3) is 0.432. The van der Waals surface area contributed by atoms with Gasteiger partial charge in [0.05, 0.1) is 37.2 Å². The van der Waals surface area contributed by atoms with Gasteiger partial charge in [-0.05, 0) is 94.5 Å². The summed E-state index contributed by atoms with van der Waals surface area (Å²) in [4.78, 5) is 25.7. The van der Waals surface area contributed by atoms with E-state index in [0.29, 0.717) is 12.2 Å². The number of benzene rings is 2. The average Bonchev–Trinajstić information content (AvgIpc) is 3.07. The SMILES string of the molecule is COc1ccc(O[C@H]2C=C[C@@H](c3ccccc3)O[C@H]2COC(=O)CCC(C)=NO[C@H](C)CN2CCCc3nc(C)c(C)cc32)cc1. The van der Waals surface area contributed by atoms with Gasteiger partial charge in [-0.1, -0.05) is 41.6 Å². The van der Waals surface area contributed by atoms with Gasteiger partial charge in [0.2, 0.25) is 0 Å². The molecule has 244 valence electrons. The first-order valence-corrected chi connectivity index (χ1v) is 16.1. The average molecular weight is 628 g/mol. The van der Waals surface area contributed by atoms with Crippen molar-refractivity contribution in [2.75, 3.05) is 31.7 Å². The van der Waals surface area contributed by atoms with E-state index in [4.69, 9.17) is 28.8 Å². The molecule has 0 fully saturated rings. The molecule has 5 rings (SSSR count). The highest BCUT2D eigenvalue weighted by Crippen LogP contribution is 2.30. The van der Waals surface area contributed by atoms with Crippen LogP contribution in [-0.4, -0.2) is 61.8 Å². The number of nitrogens with zero attached hydrogens (tertiary/aromatic N) is 3. The smallest absolute Gasteiger partial charge is 0.306 e. The summed E-state index contributed by atoms with van der Waals surface area (Å²) in [7, 11) is 1.62. The molecule has 0 unspecified atom stereocenters. The Labute approximate surface area is 272 Å². The van der Waals surface area contributed by atoms with Crippen molar-refractivity contribution in [2.24, 2.45) is 5.16 Å². The standard InChI is InChI=1S/C37H45N3O6/c1-25-22-33-32(38-28(25)4)12-9-21-40(33)23-27(3)46-39-26(2)13-20-37(41)43-24-36-35(44-31-16-14-30(42-5)15-17-31)19-18-34(45-36)29-10-7-6-8-11-29/h6-8,10-11,14-19,22,27,34-36H,9,12-13,20-21,23-24H2,1-5H3/t27-,34+,35+,36+/m1/s1. The molecule has 0 radical (unpaired) electrons. The zero-order valence-electron chi connectivity index (χ0n) is 27.5. The highest BCUT2D eigenvalue weighted by Gasteiger charge is 2.31. The number of pyridine rings is 1. The monoisotopic (exact) mass is 627 g/mol. The number of fused-ring (bicyclic) bond motifs is 1. The molecule has 0 saturated heterocycles. The van der Waals surface area contributed by atoms with Gasteiger partial charge in [-0.2, -0.15) is 0 Å². The van der Waals surface area contributed by atoms with Gasteiger partial charge in [0.25, 0.3) is 0 Å². The van der Waals surface area contributed by atoms with E-state index in [1.165, 1.54) is 11.3 Å². The van der Waals surface area contributed by atoms with Crippen molar-refractivity contribution in [1.82, 2.24) is 4.98 Å². The molecular weight excluding hydrogens is 582 g/mol. The van der Waals surface area contributed by atoms with Crippen molar-refractivity contribution < 1.29 is 28.6 Å². The Morgan fingerprint density at radius 1 is 1.07 bits per heavy atom. The van der Waals surface area contributed by atoms with Crippen molar-refractivity contribution in [3.8, 4) is 11.5 Å². The lowest BCUT2D eigenvalue weighted by Crippen LogP contribution is -2.40. The maximum absolute atomic E-state index is 12.8. The first-order valence-electron chi connectivity index (χ1n) is 16.1. The molecule has 9 heteroatoms. The Kier molecular flexibility index (Phi) is 11.3. The minimum absolute atomic E-state index is 0.0578. The first kappa shape index (κ1) is 33.0. The van der Waals surface area contributed by atoms with Gasteiger partial charge < -0.3 is 28.7 Å². The summed E-state index contributed by atoms with van der Waals surface area (Å²) in [6.07, 6.45) is 5.33. The number of hydrogen-bond donors (Lipinski definition) is 0. The molecule has 9 nitrogen and oxygen atoms in total. The molecule has 0 saturated carbocycles. The summed E-state index contributed by atoms with van der Waals surface area (Å²) >= 11 is 0. The number of carbonyl (C=O) groups excluding carboxylic acids is 1. The van der Waals surface area contributed by atoms with Gasteiger partial charge in [-0.15, -0.1) is 0 Å². The van der Waals surface area contributed by atoms with Gasteiger partial charge in [-0.3, -0.25) is 9.78 Å². The van der Waals surface area contributed by atoms with Crippen LogP contribution in [0.2, 0.25) is 0 Å². The quantitative estimate of drug-likeness (QED) is 0.0894. The third-order valence-electron chi connectivity index (χ3n) is 8.29. The van der Waals surface area contributed by atoms with Crippen LogP contribution in [-0.2, 0) is 25.5 Å². The van der Waals surface area contributed by atoms with E-state index in [0.717, 1.165) is 54.3 Å². The van der Waals surface area contributed by atoms with Crippen LogP contribution >= 0.6 is 0 Å². The fourth-order valence-electron chi connectivity index (χ4n) is 5.58. The minimum atomic E-state index is -0.497. The molecule has 3 heterocycles. The number of carbonyl (C=O) groups is 1. The number of esters is 1. The van der Waals surface area contributed by atoms with Crippen LogP contribution in [0.25, 0.3) is 0 Å². The summed E-state index contributed by atoms with van der Waals surface area (Å²) in [5, 5.41) is 4.32. The maximum atomic E-state index is 12.8. The number of methoxy groups -OCH3 is 1. The number of anilines is 1. The van der Waals surface area contributed by atoms with E-state index >= 15 is 0 Å². The summed E-state index contributed by atoms with van der Waals surface area (Å²) < 4.78 is 23.5. The van der Waals surface area contributed by atoms with Crippen LogP contribution in [0.15, 0.2) is 78.0 Å². The first-order chi connectivity index (χ1) is 22.3. The highest BCUT2D eigenvalue weighted by molar-refractivity contribution is 5.85. The maximum Gasteiger partial charge on any atom is 0.306 e. The number of aryl methyl sites for hydroxylation is 3. The number of hydrogen-bond acceptors (Lipinski definition) is 9. The Morgan fingerprint density at radius 2 is 1.83 bits per heavy atom. The molecule has 2 aliphatic rings. The summed E-state index contributed by atoms with van der Waals surface area (Å²) in [5.74, 6) is 1.08. The third kappa shape index (κ3) is 8.88. The van der Waals surface area contributed by atoms with Gasteiger partial charge in [-0.25, -0.2) is 0 Å². The van der Waals surface area contributed by atoms with Crippen molar-refractivity contribution in [2.45, 2.75) is 77.8 Å². The predicted molar refractivity (Wildman–Crippen MR) is 179 cm³/mol. The van der Waals surface area contributed by atoms with E-state index in [9.17, 15) is 4.79 Å². The normalized spacial score (nSPS) is 20.1. The van der Waals surface area contributed by atoms with Crippen molar-refractivity contribution in [1.29, 1.82) is 0 Å². The molecular formula is C37H45N3O6. The molecule has 46 heavy (non-hydrogen) atoms. The Morgan fingerprint density at radius 3 is 2.59 bits per heavy atom. The van der Waals surface area contributed by atoms with E-state index < -0.39 is 12.2 Å². The molecule has 0 aliphatic carbocycles. The summed E-state index contributed by atoms with van der Waals surface area (Å²) in [6, 6.07) is 19.5. The van der Waals surface area contributed by atoms with Gasteiger partial charge in [0.15, 0.2) is 0 Å². The van der Waals surface area contributed by atoms with E-state index in [1.807, 2.05) is 80.6 Å². The van der Waals surface area contributed by atoms with Crippen molar-refractivity contribution >= 4 is 17.4 Å². The summed E-state index contributed by atoms with van der Waals surface area (Å²) in [5.41, 5.74) is 6.39.